The summed E-state index contributed by atoms with van der Waals surface area (Å²) in [5.41, 5.74) is 1.67. The lowest BCUT2D eigenvalue weighted by Crippen LogP contribution is -2.27. The van der Waals surface area contributed by atoms with E-state index in [4.69, 9.17) is 16.3 Å². The summed E-state index contributed by atoms with van der Waals surface area (Å²) in [6.07, 6.45) is 5.13. The zero-order valence-corrected chi connectivity index (χ0v) is 17.6. The molecule has 2 aromatic carbocycles. The third-order valence-electron chi connectivity index (χ3n) is 5.14. The molecule has 28 heavy (non-hydrogen) atoms. The number of hydrogen-bond donors (Lipinski definition) is 0. The zero-order chi connectivity index (χ0) is 20.4. The van der Waals surface area contributed by atoms with Crippen molar-refractivity contribution in [3.05, 3.63) is 77.3 Å². The van der Waals surface area contributed by atoms with Crippen molar-refractivity contribution in [3.8, 4) is 11.8 Å². The highest BCUT2D eigenvalue weighted by Gasteiger charge is 2.30. The van der Waals surface area contributed by atoms with Crippen molar-refractivity contribution >= 4 is 11.6 Å². The van der Waals surface area contributed by atoms with Gasteiger partial charge in [-0.3, -0.25) is 0 Å². The summed E-state index contributed by atoms with van der Waals surface area (Å²) < 4.78 is 5.29. The molecule has 2 rings (SSSR count). The van der Waals surface area contributed by atoms with E-state index in [2.05, 4.69) is 36.7 Å². The number of allylic oxidation sites excluding steroid dienone is 1. The average molecular weight is 397 g/mol. The van der Waals surface area contributed by atoms with E-state index in [-0.39, 0.29) is 0 Å². The van der Waals surface area contributed by atoms with Crippen LogP contribution >= 0.6 is 11.6 Å². The predicted octanol–water partition coefficient (Wildman–Crippen LogP) is 5.64. The first-order valence-corrected chi connectivity index (χ1v) is 10.0. The number of nitriles is 1. The molecule has 4 heteroatoms. The fourth-order valence-corrected chi connectivity index (χ4v) is 3.66. The van der Waals surface area contributed by atoms with Gasteiger partial charge in [0.2, 0.25) is 0 Å². The second-order valence-corrected chi connectivity index (χ2v) is 7.64. The van der Waals surface area contributed by atoms with Gasteiger partial charge in [0, 0.05) is 11.6 Å². The lowest BCUT2D eigenvalue weighted by atomic mass is 9.75. The molecule has 148 valence electrons. The second-order valence-electron chi connectivity index (χ2n) is 7.21. The molecule has 0 fully saturated rings. The van der Waals surface area contributed by atoms with Gasteiger partial charge in [-0.15, -0.1) is 6.58 Å². The van der Waals surface area contributed by atoms with Crippen LogP contribution in [0.1, 0.15) is 30.4 Å². The molecule has 0 spiro atoms. The number of nitrogens with zero attached hydrogens (tertiary/aromatic N) is 2. The highest BCUT2D eigenvalue weighted by Crippen LogP contribution is 2.34. The van der Waals surface area contributed by atoms with Gasteiger partial charge in [-0.25, -0.2) is 0 Å². The van der Waals surface area contributed by atoms with E-state index in [0.29, 0.717) is 11.4 Å². The van der Waals surface area contributed by atoms with Crippen LogP contribution in [0.3, 0.4) is 0 Å². The van der Waals surface area contributed by atoms with Gasteiger partial charge in [0.1, 0.15) is 5.75 Å². The number of hydrogen-bond acceptors (Lipinski definition) is 3. The van der Waals surface area contributed by atoms with E-state index in [0.717, 1.165) is 43.7 Å². The van der Waals surface area contributed by atoms with Crippen molar-refractivity contribution in [1.29, 1.82) is 5.26 Å². The van der Waals surface area contributed by atoms with Crippen LogP contribution in [0.4, 0.5) is 0 Å². The third-order valence-corrected chi connectivity index (χ3v) is 5.38. The summed E-state index contributed by atoms with van der Waals surface area (Å²) in [6, 6.07) is 18.4. The summed E-state index contributed by atoms with van der Waals surface area (Å²) in [5, 5.41) is 10.6. The van der Waals surface area contributed by atoms with E-state index in [1.807, 2.05) is 42.5 Å². The van der Waals surface area contributed by atoms with E-state index >= 15 is 0 Å². The van der Waals surface area contributed by atoms with Crippen molar-refractivity contribution < 1.29 is 4.74 Å². The Bertz CT molecular complexity index is 814. The Kier molecular flexibility index (Phi) is 8.57. The summed E-state index contributed by atoms with van der Waals surface area (Å²) >= 11 is 6.16. The predicted molar refractivity (Wildman–Crippen MR) is 117 cm³/mol. The number of halogens is 1. The molecule has 0 N–H and O–H groups in total. The topological polar surface area (TPSA) is 36.3 Å². The maximum Gasteiger partial charge on any atom is 0.119 e. The van der Waals surface area contributed by atoms with Gasteiger partial charge in [-0.2, -0.15) is 5.26 Å². The standard InChI is InChI=1S/C24H29ClN2O/c1-4-13-24(19-26,21-9-6-10-22(25)18-21)14-7-15-27(2)16-12-20-8-5-11-23(17-20)28-3/h4-6,8-11,17-18H,1,7,12-16H2,2-3H3. The van der Waals surface area contributed by atoms with E-state index < -0.39 is 5.41 Å². The van der Waals surface area contributed by atoms with Crippen LogP contribution in [0.5, 0.6) is 5.75 Å². The lowest BCUT2D eigenvalue weighted by Gasteiger charge is -2.27. The Balaban J connectivity index is 1.92. The average Bonchev–Trinajstić information content (AvgIpc) is 2.71. The highest BCUT2D eigenvalue weighted by atomic mass is 35.5. The number of methoxy groups -OCH3 is 1. The van der Waals surface area contributed by atoms with Crippen molar-refractivity contribution in [2.45, 2.75) is 31.1 Å². The highest BCUT2D eigenvalue weighted by molar-refractivity contribution is 6.30. The minimum absolute atomic E-state index is 0.569. The lowest BCUT2D eigenvalue weighted by molar-refractivity contribution is 0.316. The van der Waals surface area contributed by atoms with Gasteiger partial charge in [0.15, 0.2) is 0 Å². The molecule has 0 heterocycles. The number of ether oxygens (including phenoxy) is 1. The van der Waals surface area contributed by atoms with Crippen molar-refractivity contribution in [2.75, 3.05) is 27.2 Å². The number of rotatable bonds is 11. The van der Waals surface area contributed by atoms with Crippen LogP contribution in [0.2, 0.25) is 5.02 Å². The molecule has 0 aromatic heterocycles. The number of likely N-dealkylation sites (N-methyl/N-ethyl adjacent to an activating group) is 1. The first-order chi connectivity index (χ1) is 13.5. The van der Waals surface area contributed by atoms with Crippen LogP contribution in [-0.4, -0.2) is 32.1 Å². The Morgan fingerprint density at radius 1 is 1.21 bits per heavy atom. The fourth-order valence-electron chi connectivity index (χ4n) is 3.47. The molecule has 0 amide bonds. The van der Waals surface area contributed by atoms with Gasteiger partial charge in [-0.1, -0.05) is 41.9 Å². The van der Waals surface area contributed by atoms with E-state index in [9.17, 15) is 5.26 Å². The molecule has 0 bridgehead atoms. The van der Waals surface area contributed by atoms with Gasteiger partial charge in [0.25, 0.3) is 0 Å². The largest absolute Gasteiger partial charge is 0.497 e. The Hall–Kier alpha value is -2.28. The Morgan fingerprint density at radius 2 is 2.00 bits per heavy atom. The minimum Gasteiger partial charge on any atom is -0.497 e. The molecule has 0 radical (unpaired) electrons. The monoisotopic (exact) mass is 396 g/mol. The summed E-state index contributed by atoms with van der Waals surface area (Å²) in [4.78, 5) is 2.31. The van der Waals surface area contributed by atoms with Crippen molar-refractivity contribution in [3.63, 3.8) is 0 Å². The van der Waals surface area contributed by atoms with Gasteiger partial charge < -0.3 is 9.64 Å². The summed E-state index contributed by atoms with van der Waals surface area (Å²) in [7, 11) is 3.82. The summed E-state index contributed by atoms with van der Waals surface area (Å²) in [5.74, 6) is 0.893. The minimum atomic E-state index is -0.569. The van der Waals surface area contributed by atoms with Gasteiger partial charge in [0.05, 0.1) is 18.6 Å². The van der Waals surface area contributed by atoms with Crippen LogP contribution in [-0.2, 0) is 11.8 Å². The molecular weight excluding hydrogens is 368 g/mol. The van der Waals surface area contributed by atoms with Crippen LogP contribution in [0.25, 0.3) is 0 Å². The Labute approximate surface area is 174 Å². The second kappa shape index (κ2) is 10.9. The van der Waals surface area contributed by atoms with Gasteiger partial charge in [-0.05, 0) is 74.7 Å². The van der Waals surface area contributed by atoms with Crippen LogP contribution < -0.4 is 4.74 Å². The molecule has 0 aliphatic rings. The molecule has 0 saturated heterocycles. The molecule has 3 nitrogen and oxygen atoms in total. The van der Waals surface area contributed by atoms with Crippen molar-refractivity contribution in [1.82, 2.24) is 4.90 Å². The zero-order valence-electron chi connectivity index (χ0n) is 16.8. The van der Waals surface area contributed by atoms with Crippen LogP contribution in [0.15, 0.2) is 61.2 Å². The molecule has 0 aliphatic carbocycles. The maximum atomic E-state index is 9.95. The van der Waals surface area contributed by atoms with Gasteiger partial charge >= 0.3 is 0 Å². The smallest absolute Gasteiger partial charge is 0.119 e. The van der Waals surface area contributed by atoms with Crippen molar-refractivity contribution in [2.24, 2.45) is 0 Å². The first kappa shape index (κ1) is 22.0. The molecule has 1 atom stereocenters. The van der Waals surface area contributed by atoms with Crippen LogP contribution in [0, 0.1) is 11.3 Å². The fraction of sp³-hybridized carbons (Fsp3) is 0.375. The molecule has 2 aromatic rings. The molecule has 1 unspecified atom stereocenters. The maximum absolute atomic E-state index is 9.95. The van der Waals surface area contributed by atoms with E-state index in [1.165, 1.54) is 5.56 Å². The normalized spacial score (nSPS) is 13.0. The third kappa shape index (κ3) is 6.12. The summed E-state index contributed by atoms with van der Waals surface area (Å²) in [6.45, 7) is 5.76. The quantitative estimate of drug-likeness (QED) is 0.461. The Morgan fingerprint density at radius 3 is 2.68 bits per heavy atom. The molecule has 0 aliphatic heterocycles. The SMILES string of the molecule is C=CCC(C#N)(CCCN(C)CCc1cccc(OC)c1)c1cccc(Cl)c1. The molecule has 0 saturated carbocycles. The first-order valence-electron chi connectivity index (χ1n) is 9.62. The number of benzene rings is 2. The molecular formula is C24H29ClN2O. The van der Waals surface area contributed by atoms with E-state index in [1.54, 1.807) is 7.11 Å².